The molecule has 3 rings (SSSR count). The highest BCUT2D eigenvalue weighted by Crippen LogP contribution is 2.25. The molecule has 9 heteroatoms. The first-order valence-corrected chi connectivity index (χ1v) is 9.19. The van der Waals surface area contributed by atoms with Crippen LogP contribution in [0.25, 0.3) is 0 Å². The Balaban J connectivity index is 1.75. The molecule has 128 valence electrons. The Morgan fingerprint density at radius 2 is 2.25 bits per heavy atom. The van der Waals surface area contributed by atoms with Crippen LogP contribution in [-0.4, -0.2) is 35.4 Å². The number of aryl methyl sites for hydroxylation is 2. The molecule has 0 aliphatic carbocycles. The highest BCUT2D eigenvalue weighted by atomic mass is 32.2. The molecule has 3 N–H and O–H groups in total. The third-order valence-corrected chi connectivity index (χ3v) is 5.09. The van der Waals surface area contributed by atoms with Gasteiger partial charge in [0.05, 0.1) is 11.3 Å². The molecule has 1 unspecified atom stereocenters. The number of amides is 1. The second kappa shape index (κ2) is 6.33. The van der Waals surface area contributed by atoms with Gasteiger partial charge < -0.3 is 9.88 Å². The zero-order valence-electron chi connectivity index (χ0n) is 13.3. The summed E-state index contributed by atoms with van der Waals surface area (Å²) in [5, 5.41) is 7.95. The first-order chi connectivity index (χ1) is 11.4. The molecule has 2 aromatic heterocycles. The fraction of sp³-hybridized carbons (Fsp3) is 0.400. The number of aromatic nitrogens is 3. The molecular weight excluding hydrogens is 330 g/mol. The van der Waals surface area contributed by atoms with E-state index in [0.717, 1.165) is 31.4 Å². The van der Waals surface area contributed by atoms with Crippen molar-refractivity contribution in [3.63, 3.8) is 0 Å². The topological polar surface area (TPSA) is 120 Å². The second-order valence-electron chi connectivity index (χ2n) is 5.88. The van der Waals surface area contributed by atoms with E-state index in [-0.39, 0.29) is 22.3 Å². The monoisotopic (exact) mass is 349 g/mol. The predicted octanol–water partition coefficient (Wildman–Crippen LogP) is 0.541. The van der Waals surface area contributed by atoms with Crippen LogP contribution < -0.4 is 10.5 Å². The number of sulfonamides is 1. The number of nitrogens with one attached hydrogen (secondary N) is 1. The molecule has 1 amide bonds. The third kappa shape index (κ3) is 3.31. The highest BCUT2D eigenvalue weighted by Gasteiger charge is 2.23. The molecule has 1 aliphatic rings. The van der Waals surface area contributed by atoms with Crippen molar-refractivity contribution in [2.24, 2.45) is 5.14 Å². The SMILES string of the molecule is Cc1ncc(S(N)(=O)=O)cc1C(=O)NCC1CCCn2ccnc21. The molecule has 0 saturated carbocycles. The van der Waals surface area contributed by atoms with Crippen LogP contribution in [0.3, 0.4) is 0 Å². The van der Waals surface area contributed by atoms with E-state index in [1.165, 1.54) is 6.07 Å². The molecule has 0 spiro atoms. The smallest absolute Gasteiger partial charge is 0.253 e. The number of hydrogen-bond acceptors (Lipinski definition) is 5. The molecule has 8 nitrogen and oxygen atoms in total. The van der Waals surface area contributed by atoms with E-state index in [1.807, 2.05) is 6.20 Å². The van der Waals surface area contributed by atoms with Crippen molar-refractivity contribution in [1.29, 1.82) is 0 Å². The molecule has 0 fully saturated rings. The lowest BCUT2D eigenvalue weighted by Gasteiger charge is -2.23. The number of fused-ring (bicyclic) bond motifs is 1. The zero-order valence-corrected chi connectivity index (χ0v) is 14.1. The summed E-state index contributed by atoms with van der Waals surface area (Å²) in [4.78, 5) is 20.6. The van der Waals surface area contributed by atoms with Crippen LogP contribution in [0.5, 0.6) is 0 Å². The largest absolute Gasteiger partial charge is 0.351 e. The number of nitrogens with two attached hydrogens (primary N) is 1. The first-order valence-electron chi connectivity index (χ1n) is 7.65. The third-order valence-electron chi connectivity index (χ3n) is 4.21. The zero-order chi connectivity index (χ0) is 17.3. The van der Waals surface area contributed by atoms with Crippen molar-refractivity contribution < 1.29 is 13.2 Å². The van der Waals surface area contributed by atoms with Gasteiger partial charge >= 0.3 is 0 Å². The number of primary sulfonamides is 1. The van der Waals surface area contributed by atoms with E-state index in [2.05, 4.69) is 19.9 Å². The fourth-order valence-electron chi connectivity index (χ4n) is 2.91. The summed E-state index contributed by atoms with van der Waals surface area (Å²) in [6, 6.07) is 1.26. The molecule has 0 radical (unpaired) electrons. The van der Waals surface area contributed by atoms with E-state index < -0.39 is 10.0 Å². The van der Waals surface area contributed by atoms with E-state index in [9.17, 15) is 13.2 Å². The van der Waals surface area contributed by atoms with Gasteiger partial charge in [0.15, 0.2) is 0 Å². The summed E-state index contributed by atoms with van der Waals surface area (Å²) in [6.45, 7) is 3.03. The number of imidazole rings is 1. The number of rotatable bonds is 4. The molecule has 1 aliphatic heterocycles. The van der Waals surface area contributed by atoms with E-state index in [1.54, 1.807) is 13.1 Å². The fourth-order valence-corrected chi connectivity index (χ4v) is 3.39. The number of hydrogen-bond donors (Lipinski definition) is 2. The maximum Gasteiger partial charge on any atom is 0.253 e. The van der Waals surface area contributed by atoms with Gasteiger partial charge in [0.1, 0.15) is 10.7 Å². The van der Waals surface area contributed by atoms with Crippen LogP contribution in [0.2, 0.25) is 0 Å². The van der Waals surface area contributed by atoms with Gasteiger partial charge in [-0.1, -0.05) is 0 Å². The summed E-state index contributed by atoms with van der Waals surface area (Å²) >= 11 is 0. The first kappa shape index (κ1) is 16.6. The summed E-state index contributed by atoms with van der Waals surface area (Å²) in [5.74, 6) is 0.747. The number of carbonyl (C=O) groups excluding carboxylic acids is 1. The van der Waals surface area contributed by atoms with E-state index in [4.69, 9.17) is 5.14 Å². The highest BCUT2D eigenvalue weighted by molar-refractivity contribution is 7.89. The Labute approximate surface area is 140 Å². The van der Waals surface area contributed by atoms with E-state index in [0.29, 0.717) is 12.2 Å². The Morgan fingerprint density at radius 1 is 1.46 bits per heavy atom. The van der Waals surface area contributed by atoms with Crippen molar-refractivity contribution >= 4 is 15.9 Å². The minimum absolute atomic E-state index is 0.146. The van der Waals surface area contributed by atoms with Crippen LogP contribution in [-0.2, 0) is 16.6 Å². The summed E-state index contributed by atoms with van der Waals surface area (Å²) in [5.41, 5.74) is 0.658. The maximum absolute atomic E-state index is 12.4. The number of pyridine rings is 1. The van der Waals surface area contributed by atoms with E-state index >= 15 is 0 Å². The Bertz CT molecular complexity index is 875. The molecule has 3 heterocycles. The van der Waals surface area contributed by atoms with Crippen molar-refractivity contribution in [1.82, 2.24) is 19.9 Å². The van der Waals surface area contributed by atoms with Crippen LogP contribution in [0.15, 0.2) is 29.6 Å². The van der Waals surface area contributed by atoms with Crippen LogP contribution in [0.1, 0.15) is 40.6 Å². The van der Waals surface area contributed by atoms with Gasteiger partial charge in [-0.05, 0) is 25.8 Å². The van der Waals surface area contributed by atoms with Gasteiger partial charge in [-0.2, -0.15) is 0 Å². The predicted molar refractivity (Wildman–Crippen MR) is 86.9 cm³/mol. The minimum atomic E-state index is -3.90. The van der Waals surface area contributed by atoms with Crippen molar-refractivity contribution in [2.45, 2.75) is 37.1 Å². The number of carbonyl (C=O) groups is 1. The van der Waals surface area contributed by atoms with Gasteiger partial charge in [0, 0.05) is 37.6 Å². The summed E-state index contributed by atoms with van der Waals surface area (Å²) in [6.07, 6.45) is 6.84. The number of nitrogens with zero attached hydrogens (tertiary/aromatic N) is 3. The van der Waals surface area contributed by atoms with Gasteiger partial charge in [0.2, 0.25) is 10.0 Å². The Morgan fingerprint density at radius 3 is 3.00 bits per heavy atom. The lowest BCUT2D eigenvalue weighted by molar-refractivity contribution is 0.0948. The van der Waals surface area contributed by atoms with Crippen molar-refractivity contribution in [3.05, 3.63) is 41.7 Å². The Kier molecular flexibility index (Phi) is 4.37. The lowest BCUT2D eigenvalue weighted by Crippen LogP contribution is -2.32. The normalized spacial score (nSPS) is 17.3. The van der Waals surface area contributed by atoms with Crippen molar-refractivity contribution in [3.8, 4) is 0 Å². The lowest BCUT2D eigenvalue weighted by atomic mass is 9.99. The van der Waals surface area contributed by atoms with Crippen LogP contribution >= 0.6 is 0 Å². The summed E-state index contributed by atoms with van der Waals surface area (Å²) in [7, 11) is -3.90. The molecule has 0 saturated heterocycles. The van der Waals surface area contributed by atoms with Gasteiger partial charge in [-0.15, -0.1) is 0 Å². The standard InChI is InChI=1S/C15H19N5O3S/c1-10-13(7-12(9-18-10)24(16,22)23)15(21)19-8-11-3-2-5-20-6-4-17-14(11)20/h4,6-7,9,11H,2-3,5,8H2,1H3,(H,19,21)(H2,16,22,23). The van der Waals surface area contributed by atoms with Crippen LogP contribution in [0, 0.1) is 6.92 Å². The van der Waals surface area contributed by atoms with Gasteiger partial charge in [-0.3, -0.25) is 9.78 Å². The molecular formula is C15H19N5O3S. The molecule has 24 heavy (non-hydrogen) atoms. The van der Waals surface area contributed by atoms with Gasteiger partial charge in [0.25, 0.3) is 5.91 Å². The quantitative estimate of drug-likeness (QED) is 0.835. The molecule has 2 aromatic rings. The molecule has 0 aromatic carbocycles. The van der Waals surface area contributed by atoms with Crippen LogP contribution in [0.4, 0.5) is 0 Å². The average molecular weight is 349 g/mol. The maximum atomic E-state index is 12.4. The van der Waals surface area contributed by atoms with Gasteiger partial charge in [-0.25, -0.2) is 18.5 Å². The second-order valence-corrected chi connectivity index (χ2v) is 7.44. The molecule has 0 bridgehead atoms. The summed E-state index contributed by atoms with van der Waals surface area (Å²) < 4.78 is 24.9. The Hall–Kier alpha value is -2.26. The average Bonchev–Trinajstić information content (AvgIpc) is 3.01. The van der Waals surface area contributed by atoms with Crippen molar-refractivity contribution in [2.75, 3.05) is 6.54 Å². The minimum Gasteiger partial charge on any atom is -0.351 e. The molecule has 1 atom stereocenters.